The molecule has 1 aromatic heterocycles. The molecular weight excluding hydrogens is 142 g/mol. The highest BCUT2D eigenvalue weighted by Gasteiger charge is 1.94. The fourth-order valence-corrected chi connectivity index (χ4v) is 0.631. The molecule has 0 spiro atoms. The van der Waals surface area contributed by atoms with Crippen molar-refractivity contribution in [3.63, 3.8) is 0 Å². The third-order valence-electron chi connectivity index (χ3n) is 1.14. The third-order valence-corrected chi connectivity index (χ3v) is 1.14. The Kier molecular flexibility index (Phi) is 3.16. The Morgan fingerprint density at radius 1 is 1.73 bits per heavy atom. The summed E-state index contributed by atoms with van der Waals surface area (Å²) < 4.78 is 4.53. The molecule has 1 rings (SSSR count). The van der Waals surface area contributed by atoms with Gasteiger partial charge >= 0.3 is 0 Å². The Hall–Kier alpha value is -1.34. The highest BCUT2D eigenvalue weighted by atomic mass is 16.5. The summed E-state index contributed by atoms with van der Waals surface area (Å²) in [5, 5.41) is 6.67. The van der Waals surface area contributed by atoms with E-state index in [1.165, 1.54) is 6.39 Å². The van der Waals surface area contributed by atoms with Crippen LogP contribution >= 0.6 is 0 Å². The van der Waals surface area contributed by atoms with Crippen LogP contribution in [0.1, 0.15) is 12.2 Å². The maximum Gasteiger partial charge on any atom is 0.213 e. The lowest BCUT2D eigenvalue weighted by atomic mass is 10.4. The van der Waals surface area contributed by atoms with Crippen molar-refractivity contribution in [2.75, 3.05) is 6.54 Å². The van der Waals surface area contributed by atoms with Crippen molar-refractivity contribution in [1.82, 2.24) is 15.5 Å². The molecule has 4 heteroatoms. The van der Waals surface area contributed by atoms with Gasteiger partial charge in [0, 0.05) is 13.0 Å². The van der Waals surface area contributed by atoms with Gasteiger partial charge in [0.1, 0.15) is 0 Å². The van der Waals surface area contributed by atoms with E-state index in [2.05, 4.69) is 25.9 Å². The maximum absolute atomic E-state index is 5.05. The quantitative estimate of drug-likeness (QED) is 0.492. The first-order chi connectivity index (χ1) is 5.43. The number of hydrogen-bond donors (Lipinski definition) is 1. The summed E-state index contributed by atoms with van der Waals surface area (Å²) in [6.07, 6.45) is 7.07. The normalized spacial score (nSPS) is 9.36. The number of terminal acetylenes is 1. The van der Waals surface area contributed by atoms with Crippen LogP contribution in [0.25, 0.3) is 0 Å². The van der Waals surface area contributed by atoms with Crippen molar-refractivity contribution >= 4 is 0 Å². The zero-order chi connectivity index (χ0) is 7.94. The minimum atomic E-state index is 0.609. The van der Waals surface area contributed by atoms with Crippen LogP contribution in [0.4, 0.5) is 0 Å². The summed E-state index contributed by atoms with van der Waals surface area (Å²) in [6.45, 7) is 1.39. The van der Waals surface area contributed by atoms with Gasteiger partial charge in [-0.25, -0.2) is 0 Å². The van der Waals surface area contributed by atoms with Crippen LogP contribution in [-0.2, 0) is 6.54 Å². The molecular formula is C7H9N3O. The van der Waals surface area contributed by atoms with E-state index in [0.717, 1.165) is 13.0 Å². The van der Waals surface area contributed by atoms with Gasteiger partial charge in [0.25, 0.3) is 0 Å². The lowest BCUT2D eigenvalue weighted by molar-refractivity contribution is 0.407. The molecule has 0 radical (unpaired) electrons. The molecule has 0 aliphatic carbocycles. The third kappa shape index (κ3) is 2.83. The topological polar surface area (TPSA) is 51.0 Å². The average molecular weight is 151 g/mol. The van der Waals surface area contributed by atoms with Gasteiger partial charge in [-0.05, 0) is 0 Å². The molecule has 1 N–H and O–H groups in total. The molecule has 1 aromatic rings. The maximum atomic E-state index is 5.05. The fourth-order valence-electron chi connectivity index (χ4n) is 0.631. The first kappa shape index (κ1) is 7.76. The van der Waals surface area contributed by atoms with Crippen LogP contribution in [0.15, 0.2) is 10.9 Å². The SMILES string of the molecule is C#CCCNCc1ncon1. The van der Waals surface area contributed by atoms with Gasteiger partial charge in [-0.15, -0.1) is 12.3 Å². The van der Waals surface area contributed by atoms with Gasteiger partial charge in [-0.1, -0.05) is 5.16 Å². The van der Waals surface area contributed by atoms with Crippen LogP contribution in [0.5, 0.6) is 0 Å². The van der Waals surface area contributed by atoms with E-state index in [4.69, 9.17) is 6.42 Å². The second-order valence-corrected chi connectivity index (χ2v) is 1.98. The lowest BCUT2D eigenvalue weighted by Crippen LogP contribution is -2.14. The molecule has 4 nitrogen and oxygen atoms in total. The van der Waals surface area contributed by atoms with Gasteiger partial charge in [-0.3, -0.25) is 0 Å². The Morgan fingerprint density at radius 3 is 3.27 bits per heavy atom. The molecule has 0 amide bonds. The Bertz CT molecular complexity index is 224. The first-order valence-electron chi connectivity index (χ1n) is 3.33. The van der Waals surface area contributed by atoms with Crippen molar-refractivity contribution in [3.05, 3.63) is 12.2 Å². The van der Waals surface area contributed by atoms with Crippen LogP contribution in [0.3, 0.4) is 0 Å². The van der Waals surface area contributed by atoms with Gasteiger partial charge < -0.3 is 9.84 Å². The van der Waals surface area contributed by atoms with E-state index in [9.17, 15) is 0 Å². The molecule has 0 aromatic carbocycles. The number of aromatic nitrogens is 2. The minimum Gasteiger partial charge on any atom is -0.343 e. The molecule has 0 saturated carbocycles. The Morgan fingerprint density at radius 2 is 2.64 bits per heavy atom. The van der Waals surface area contributed by atoms with Crippen LogP contribution in [0, 0.1) is 12.3 Å². The predicted octanol–water partition coefficient (Wildman–Crippen LogP) is 0.182. The highest BCUT2D eigenvalue weighted by Crippen LogP contribution is 1.85. The smallest absolute Gasteiger partial charge is 0.213 e. The van der Waals surface area contributed by atoms with Crippen molar-refractivity contribution in [2.24, 2.45) is 0 Å². The fraction of sp³-hybridized carbons (Fsp3) is 0.429. The van der Waals surface area contributed by atoms with E-state index in [1.807, 2.05) is 0 Å². The summed E-state index contributed by atoms with van der Waals surface area (Å²) in [7, 11) is 0. The molecule has 0 atom stereocenters. The molecule has 1 heterocycles. The molecule has 11 heavy (non-hydrogen) atoms. The van der Waals surface area contributed by atoms with E-state index < -0.39 is 0 Å². The van der Waals surface area contributed by atoms with Crippen molar-refractivity contribution in [2.45, 2.75) is 13.0 Å². The van der Waals surface area contributed by atoms with Gasteiger partial charge in [0.2, 0.25) is 6.39 Å². The Balaban J connectivity index is 2.10. The van der Waals surface area contributed by atoms with E-state index in [0.29, 0.717) is 12.4 Å². The van der Waals surface area contributed by atoms with Crippen molar-refractivity contribution in [1.29, 1.82) is 0 Å². The summed E-state index contributed by atoms with van der Waals surface area (Å²) in [5.74, 6) is 3.18. The number of hydrogen-bond acceptors (Lipinski definition) is 4. The molecule has 0 aliphatic heterocycles. The van der Waals surface area contributed by atoms with Gasteiger partial charge in [0.05, 0.1) is 6.54 Å². The van der Waals surface area contributed by atoms with E-state index in [1.54, 1.807) is 0 Å². The highest BCUT2D eigenvalue weighted by molar-refractivity contribution is 4.85. The summed E-state index contributed by atoms with van der Waals surface area (Å²) >= 11 is 0. The predicted molar refractivity (Wildman–Crippen MR) is 39.5 cm³/mol. The largest absolute Gasteiger partial charge is 0.343 e. The average Bonchev–Trinajstić information content (AvgIpc) is 2.50. The zero-order valence-electron chi connectivity index (χ0n) is 6.08. The molecule has 58 valence electrons. The second kappa shape index (κ2) is 4.47. The Labute approximate surface area is 65.0 Å². The molecule has 0 fully saturated rings. The molecule has 0 saturated heterocycles. The zero-order valence-corrected chi connectivity index (χ0v) is 6.08. The molecule has 0 bridgehead atoms. The van der Waals surface area contributed by atoms with E-state index in [-0.39, 0.29) is 0 Å². The first-order valence-corrected chi connectivity index (χ1v) is 3.33. The lowest BCUT2D eigenvalue weighted by Gasteiger charge is -1.95. The standard InChI is InChI=1S/C7H9N3O/c1-2-3-4-8-5-7-9-6-11-10-7/h1,6,8H,3-5H2. The number of nitrogens with one attached hydrogen (secondary N) is 1. The van der Waals surface area contributed by atoms with Gasteiger partial charge in [-0.2, -0.15) is 4.98 Å². The van der Waals surface area contributed by atoms with Crippen molar-refractivity contribution in [3.8, 4) is 12.3 Å². The van der Waals surface area contributed by atoms with Crippen LogP contribution in [0.2, 0.25) is 0 Å². The number of rotatable bonds is 4. The minimum absolute atomic E-state index is 0.609. The summed E-state index contributed by atoms with van der Waals surface area (Å²) in [6, 6.07) is 0. The summed E-state index contributed by atoms with van der Waals surface area (Å²) in [5.41, 5.74) is 0. The summed E-state index contributed by atoms with van der Waals surface area (Å²) in [4.78, 5) is 3.82. The van der Waals surface area contributed by atoms with Crippen LogP contribution < -0.4 is 5.32 Å². The second-order valence-electron chi connectivity index (χ2n) is 1.98. The monoisotopic (exact) mass is 151 g/mol. The van der Waals surface area contributed by atoms with Gasteiger partial charge in [0.15, 0.2) is 5.82 Å². The van der Waals surface area contributed by atoms with E-state index >= 15 is 0 Å². The van der Waals surface area contributed by atoms with Crippen molar-refractivity contribution < 1.29 is 4.52 Å². The number of nitrogens with zero attached hydrogens (tertiary/aromatic N) is 2. The molecule has 0 unspecified atom stereocenters. The molecule has 0 aliphatic rings. The van der Waals surface area contributed by atoms with Crippen LogP contribution in [-0.4, -0.2) is 16.7 Å².